The highest BCUT2D eigenvalue weighted by atomic mass is 35.5. The molecule has 2 aromatic rings. The number of carbonyl (C=O) groups excluding carboxylic acids is 1. The van der Waals surface area contributed by atoms with Crippen molar-refractivity contribution in [3.63, 3.8) is 0 Å². The number of nitrogens with one attached hydrogen (secondary N) is 1. The molecule has 0 saturated heterocycles. The average Bonchev–Trinajstić information content (AvgIpc) is 2.47. The summed E-state index contributed by atoms with van der Waals surface area (Å²) in [6, 6.07) is 11.1. The molecule has 7 heteroatoms. The first-order valence-corrected chi connectivity index (χ1v) is 9.39. The number of hydrogen-bond donors (Lipinski definition) is 1. The second kappa shape index (κ2) is 6.73. The van der Waals surface area contributed by atoms with Crippen LogP contribution in [0.2, 0.25) is 5.02 Å². The van der Waals surface area contributed by atoms with Crippen LogP contribution in [-0.2, 0) is 10.0 Å². The topological polar surface area (TPSA) is 63.2 Å². The largest absolute Gasteiger partial charge is 0.295 e. The molecule has 0 saturated carbocycles. The summed E-state index contributed by atoms with van der Waals surface area (Å²) in [5.74, 6) is -0.131. The molecule has 0 bridgehead atoms. The molecule has 0 unspecified atom stereocenters. The van der Waals surface area contributed by atoms with E-state index in [-0.39, 0.29) is 10.7 Å². The summed E-state index contributed by atoms with van der Waals surface area (Å²) in [4.78, 5) is 12.1. The lowest BCUT2D eigenvalue weighted by molar-refractivity contribution is 0.101. The van der Waals surface area contributed by atoms with Gasteiger partial charge >= 0.3 is 0 Å². The number of sulfonamides is 1. The number of rotatable bonds is 5. The molecule has 116 valence electrons. The van der Waals surface area contributed by atoms with Crippen molar-refractivity contribution in [3.8, 4) is 0 Å². The van der Waals surface area contributed by atoms with Crippen LogP contribution in [0.5, 0.6) is 0 Å². The van der Waals surface area contributed by atoms with E-state index in [1.54, 1.807) is 36.6 Å². The Hall–Kier alpha value is -1.50. The summed E-state index contributed by atoms with van der Waals surface area (Å²) in [6.45, 7) is 1.43. The third-order valence-electron chi connectivity index (χ3n) is 2.94. The van der Waals surface area contributed by atoms with E-state index in [4.69, 9.17) is 11.6 Å². The number of ketones is 1. The maximum absolute atomic E-state index is 12.5. The zero-order valence-electron chi connectivity index (χ0n) is 12.0. The van der Waals surface area contributed by atoms with Crippen LogP contribution in [0.4, 0.5) is 5.69 Å². The van der Waals surface area contributed by atoms with Gasteiger partial charge in [-0.2, -0.15) is 0 Å². The Kier molecular flexibility index (Phi) is 5.16. The predicted molar refractivity (Wildman–Crippen MR) is 90.5 cm³/mol. The molecule has 0 spiro atoms. The van der Waals surface area contributed by atoms with Gasteiger partial charge in [0.1, 0.15) is 4.90 Å². The molecule has 0 radical (unpaired) electrons. The van der Waals surface area contributed by atoms with E-state index in [0.29, 0.717) is 21.2 Å². The Morgan fingerprint density at radius 2 is 1.91 bits per heavy atom. The van der Waals surface area contributed by atoms with Gasteiger partial charge in [0.05, 0.1) is 0 Å². The summed E-state index contributed by atoms with van der Waals surface area (Å²) in [5.41, 5.74) is 0.774. The Labute approximate surface area is 138 Å². The molecule has 0 aromatic heterocycles. The van der Waals surface area contributed by atoms with Crippen molar-refractivity contribution >= 4 is 44.9 Å². The normalized spacial score (nSPS) is 11.2. The summed E-state index contributed by atoms with van der Waals surface area (Å²) in [7, 11) is -3.79. The van der Waals surface area contributed by atoms with Crippen molar-refractivity contribution in [2.45, 2.75) is 16.7 Å². The Morgan fingerprint density at radius 1 is 1.18 bits per heavy atom. The minimum atomic E-state index is -3.79. The first kappa shape index (κ1) is 16.9. The van der Waals surface area contributed by atoms with Crippen LogP contribution in [0.15, 0.2) is 52.3 Å². The lowest BCUT2D eigenvalue weighted by Gasteiger charge is -2.12. The van der Waals surface area contributed by atoms with E-state index in [9.17, 15) is 13.2 Å². The van der Waals surface area contributed by atoms with Gasteiger partial charge in [-0.25, -0.2) is 8.42 Å². The quantitative estimate of drug-likeness (QED) is 0.648. The number of anilines is 1. The van der Waals surface area contributed by atoms with Gasteiger partial charge in [-0.3, -0.25) is 9.52 Å². The second-order valence-corrected chi connectivity index (χ2v) is 7.47. The monoisotopic (exact) mass is 355 g/mol. The van der Waals surface area contributed by atoms with E-state index >= 15 is 0 Å². The number of carbonyl (C=O) groups is 1. The number of hydrogen-bond acceptors (Lipinski definition) is 4. The van der Waals surface area contributed by atoms with Gasteiger partial charge in [0.2, 0.25) is 0 Å². The first-order chi connectivity index (χ1) is 10.3. The molecule has 0 heterocycles. The van der Waals surface area contributed by atoms with Crippen LogP contribution in [0.1, 0.15) is 17.3 Å². The number of thioether (sulfide) groups is 1. The van der Waals surface area contributed by atoms with Crippen LogP contribution in [0.3, 0.4) is 0 Å². The molecule has 1 N–H and O–H groups in total. The summed E-state index contributed by atoms with van der Waals surface area (Å²) in [5, 5.41) is 0.343. The molecule has 0 aliphatic carbocycles. The molecule has 0 fully saturated rings. The Bertz CT molecular complexity index is 819. The van der Waals surface area contributed by atoms with Crippen molar-refractivity contribution in [3.05, 3.63) is 53.1 Å². The van der Waals surface area contributed by atoms with Crippen molar-refractivity contribution in [1.29, 1.82) is 0 Å². The fourth-order valence-corrected chi connectivity index (χ4v) is 4.31. The van der Waals surface area contributed by atoms with Crippen LogP contribution < -0.4 is 4.72 Å². The van der Waals surface area contributed by atoms with E-state index in [2.05, 4.69) is 4.72 Å². The highest BCUT2D eigenvalue weighted by Gasteiger charge is 2.19. The smallest absolute Gasteiger partial charge is 0.263 e. The van der Waals surface area contributed by atoms with E-state index < -0.39 is 10.0 Å². The van der Waals surface area contributed by atoms with Crippen molar-refractivity contribution in [2.24, 2.45) is 0 Å². The lowest BCUT2D eigenvalue weighted by atomic mass is 10.1. The second-order valence-electron chi connectivity index (χ2n) is 4.54. The van der Waals surface area contributed by atoms with Gasteiger partial charge in [-0.1, -0.05) is 23.7 Å². The predicted octanol–water partition coefficient (Wildman–Crippen LogP) is 4.07. The summed E-state index contributed by atoms with van der Waals surface area (Å²) in [6.07, 6.45) is 1.79. The van der Waals surface area contributed by atoms with Gasteiger partial charge in [0.25, 0.3) is 10.0 Å². The molecule has 0 atom stereocenters. The maximum Gasteiger partial charge on any atom is 0.263 e. The van der Waals surface area contributed by atoms with Gasteiger partial charge in [-0.05, 0) is 43.5 Å². The molecular formula is C15H14ClNO3S2. The third kappa shape index (κ3) is 3.82. The standard InChI is InChI=1S/C15H14ClNO3S2/c1-10(18)11-4-3-5-13(8-11)17-22(19,20)15-9-12(16)6-7-14(15)21-2/h3-9,17H,1-2H3. The lowest BCUT2D eigenvalue weighted by Crippen LogP contribution is -2.14. The maximum atomic E-state index is 12.5. The fourth-order valence-electron chi connectivity index (χ4n) is 1.87. The van der Waals surface area contributed by atoms with Crippen LogP contribution in [-0.4, -0.2) is 20.5 Å². The van der Waals surface area contributed by atoms with Gasteiger partial charge in [0, 0.05) is 21.2 Å². The van der Waals surface area contributed by atoms with Gasteiger partial charge < -0.3 is 0 Å². The molecule has 0 aliphatic rings. The summed E-state index contributed by atoms with van der Waals surface area (Å²) >= 11 is 7.22. The number of Topliss-reactive ketones (excluding diaryl/α,β-unsaturated/α-hetero) is 1. The van der Waals surface area contributed by atoms with Crippen LogP contribution in [0, 0.1) is 0 Å². The summed E-state index contributed by atoms with van der Waals surface area (Å²) < 4.78 is 27.6. The average molecular weight is 356 g/mol. The SMILES string of the molecule is CSc1ccc(Cl)cc1S(=O)(=O)Nc1cccc(C(C)=O)c1. The highest BCUT2D eigenvalue weighted by Crippen LogP contribution is 2.29. The van der Waals surface area contributed by atoms with Crippen molar-refractivity contribution in [1.82, 2.24) is 0 Å². The molecule has 22 heavy (non-hydrogen) atoms. The molecule has 4 nitrogen and oxygen atoms in total. The van der Waals surface area contributed by atoms with Crippen molar-refractivity contribution < 1.29 is 13.2 Å². The minimum Gasteiger partial charge on any atom is -0.295 e. The van der Waals surface area contributed by atoms with E-state index in [1.807, 2.05) is 0 Å². The molecule has 2 aromatic carbocycles. The highest BCUT2D eigenvalue weighted by molar-refractivity contribution is 7.99. The first-order valence-electron chi connectivity index (χ1n) is 6.31. The zero-order valence-corrected chi connectivity index (χ0v) is 14.3. The number of benzene rings is 2. The molecule has 0 aliphatic heterocycles. The Morgan fingerprint density at radius 3 is 2.55 bits per heavy atom. The Balaban J connectivity index is 2.42. The van der Waals surface area contributed by atoms with Gasteiger partial charge in [0.15, 0.2) is 5.78 Å². The number of halogens is 1. The fraction of sp³-hybridized carbons (Fsp3) is 0.133. The molecule has 0 amide bonds. The molecule has 2 rings (SSSR count). The molecular weight excluding hydrogens is 342 g/mol. The van der Waals surface area contributed by atoms with E-state index in [0.717, 1.165) is 0 Å². The zero-order chi connectivity index (χ0) is 16.3. The van der Waals surface area contributed by atoms with E-state index in [1.165, 1.54) is 30.8 Å². The van der Waals surface area contributed by atoms with Crippen molar-refractivity contribution in [2.75, 3.05) is 11.0 Å². The third-order valence-corrected chi connectivity index (χ3v) is 5.52. The minimum absolute atomic E-state index is 0.112. The van der Waals surface area contributed by atoms with Crippen LogP contribution in [0.25, 0.3) is 0 Å². The van der Waals surface area contributed by atoms with Gasteiger partial charge in [-0.15, -0.1) is 11.8 Å². The van der Waals surface area contributed by atoms with Crippen LogP contribution >= 0.6 is 23.4 Å².